The Labute approximate surface area is 225 Å². The average Bonchev–Trinajstić information content (AvgIpc) is 3.39. The first-order chi connectivity index (χ1) is 18.4. The highest BCUT2D eigenvalue weighted by atomic mass is 19.1. The zero-order chi connectivity index (χ0) is 28.4. The smallest absolute Gasteiger partial charge is 0.354 e. The van der Waals surface area contributed by atoms with Crippen LogP contribution in [0.2, 0.25) is 0 Å². The zero-order valence-corrected chi connectivity index (χ0v) is 22.4. The first-order valence-corrected chi connectivity index (χ1v) is 12.9. The summed E-state index contributed by atoms with van der Waals surface area (Å²) in [6.45, 7) is 6.06. The molecule has 0 spiro atoms. The molecule has 11 heteroatoms. The molecule has 39 heavy (non-hydrogen) atoms. The van der Waals surface area contributed by atoms with Gasteiger partial charge in [-0.25, -0.2) is 14.2 Å². The highest BCUT2D eigenvalue weighted by Crippen LogP contribution is 2.58. The van der Waals surface area contributed by atoms with Gasteiger partial charge in [0.05, 0.1) is 11.6 Å². The van der Waals surface area contributed by atoms with Crippen LogP contribution in [-0.2, 0) is 20.9 Å². The largest absolute Gasteiger partial charge is 0.477 e. The number of halogens is 1. The number of amides is 1. The summed E-state index contributed by atoms with van der Waals surface area (Å²) in [6.07, 6.45) is 5.12. The van der Waals surface area contributed by atoms with Crippen molar-refractivity contribution in [2.24, 2.45) is 16.6 Å². The van der Waals surface area contributed by atoms with Gasteiger partial charge in [-0.15, -0.1) is 0 Å². The van der Waals surface area contributed by atoms with Crippen LogP contribution in [0.25, 0.3) is 5.65 Å². The molecule has 0 atom stereocenters. The van der Waals surface area contributed by atoms with Crippen LogP contribution in [0, 0.1) is 16.6 Å². The Bertz CT molecular complexity index is 1350. The number of anilines is 1. The van der Waals surface area contributed by atoms with Crippen molar-refractivity contribution >= 4 is 29.3 Å². The lowest BCUT2D eigenvalue weighted by Gasteiger charge is -2.51. The number of nitrogens with zero attached hydrogens (tertiary/aromatic N) is 3. The first kappa shape index (κ1) is 28.2. The van der Waals surface area contributed by atoms with Gasteiger partial charge in [0.15, 0.2) is 11.3 Å². The molecule has 4 N–H and O–H groups in total. The van der Waals surface area contributed by atoms with E-state index in [1.54, 1.807) is 18.2 Å². The molecule has 0 unspecified atom stereocenters. The summed E-state index contributed by atoms with van der Waals surface area (Å²) in [4.78, 5) is 41.4. The van der Waals surface area contributed by atoms with Gasteiger partial charge in [-0.05, 0) is 77.0 Å². The summed E-state index contributed by atoms with van der Waals surface area (Å²) in [5.41, 5.74) is 4.81. The van der Waals surface area contributed by atoms with Crippen LogP contribution in [0.4, 0.5) is 10.2 Å². The summed E-state index contributed by atoms with van der Waals surface area (Å²) >= 11 is 0. The van der Waals surface area contributed by atoms with Gasteiger partial charge in [0.2, 0.25) is 5.91 Å². The van der Waals surface area contributed by atoms with Gasteiger partial charge in [-0.1, -0.05) is 12.1 Å². The van der Waals surface area contributed by atoms with Gasteiger partial charge in [0, 0.05) is 24.1 Å². The molecule has 6 rings (SSSR count). The standard InChI is InChI=1S/C21H26N4O5.C7H8FN/c1-19(2,3)30-18(29)21-8-5-20(6-9-21,7-10-21)17(28)24-15-12-13(16(26)27)23-14-4-11-22-25(14)15;8-7-3-1-6(5-9)2-4-7/h4,11-12H,5-10H2,1-3H3,(H,24,28)(H,26,27);1-4H,5,9H2. The Morgan fingerprint density at radius 2 is 1.64 bits per heavy atom. The second-order valence-corrected chi connectivity index (χ2v) is 11.3. The number of ether oxygens (including phenoxy) is 1. The van der Waals surface area contributed by atoms with E-state index in [-0.39, 0.29) is 29.2 Å². The predicted octanol–water partition coefficient (Wildman–Crippen LogP) is 4.33. The van der Waals surface area contributed by atoms with Crippen molar-refractivity contribution in [1.82, 2.24) is 14.6 Å². The maximum Gasteiger partial charge on any atom is 0.354 e. The summed E-state index contributed by atoms with van der Waals surface area (Å²) in [5, 5.41) is 16.3. The third kappa shape index (κ3) is 6.08. The lowest BCUT2D eigenvalue weighted by atomic mass is 9.53. The number of fused-ring (bicyclic) bond motifs is 4. The number of rotatable bonds is 5. The van der Waals surface area contributed by atoms with E-state index in [4.69, 9.17) is 10.5 Å². The molecule has 3 aliphatic carbocycles. The normalized spacial score (nSPS) is 22.1. The Balaban J connectivity index is 0.000000333. The molecule has 2 bridgehead atoms. The van der Waals surface area contributed by atoms with Crippen molar-refractivity contribution in [2.45, 2.75) is 71.4 Å². The Kier molecular flexibility index (Phi) is 7.74. The van der Waals surface area contributed by atoms with E-state index in [2.05, 4.69) is 15.4 Å². The van der Waals surface area contributed by atoms with Crippen molar-refractivity contribution in [3.05, 3.63) is 59.7 Å². The summed E-state index contributed by atoms with van der Waals surface area (Å²) in [5.74, 6) is -1.45. The van der Waals surface area contributed by atoms with E-state index in [0.717, 1.165) is 5.56 Å². The van der Waals surface area contributed by atoms with E-state index in [9.17, 15) is 23.9 Å². The fraction of sp³-hybridized carbons (Fsp3) is 0.464. The number of benzene rings is 1. The van der Waals surface area contributed by atoms with Crippen molar-refractivity contribution < 1.29 is 28.6 Å². The molecule has 208 valence electrons. The summed E-state index contributed by atoms with van der Waals surface area (Å²) in [7, 11) is 0. The minimum Gasteiger partial charge on any atom is -0.477 e. The molecule has 0 saturated heterocycles. The molecule has 3 aliphatic rings. The number of aromatic carboxylic acids is 1. The van der Waals surface area contributed by atoms with Crippen molar-refractivity contribution in [3.8, 4) is 0 Å². The van der Waals surface area contributed by atoms with Crippen LogP contribution < -0.4 is 11.1 Å². The second kappa shape index (κ2) is 10.7. The number of aromatic nitrogens is 3. The van der Waals surface area contributed by atoms with Crippen LogP contribution in [0.3, 0.4) is 0 Å². The quantitative estimate of drug-likeness (QED) is 0.406. The zero-order valence-electron chi connectivity index (χ0n) is 22.4. The second-order valence-electron chi connectivity index (χ2n) is 11.3. The van der Waals surface area contributed by atoms with Crippen LogP contribution in [0.15, 0.2) is 42.6 Å². The number of nitrogens with two attached hydrogens (primary N) is 1. The number of carbonyl (C=O) groups is 3. The maximum atomic E-state index is 13.3. The van der Waals surface area contributed by atoms with Gasteiger partial charge in [-0.3, -0.25) is 9.59 Å². The van der Waals surface area contributed by atoms with Crippen molar-refractivity contribution in [2.75, 3.05) is 5.32 Å². The van der Waals surface area contributed by atoms with Crippen LogP contribution >= 0.6 is 0 Å². The molecular formula is C28H34FN5O5. The Morgan fingerprint density at radius 1 is 1.05 bits per heavy atom. The third-order valence-electron chi connectivity index (χ3n) is 7.53. The number of carboxylic acid groups (broad SMARTS) is 1. The fourth-order valence-corrected chi connectivity index (χ4v) is 5.20. The predicted molar refractivity (Wildman–Crippen MR) is 141 cm³/mol. The van der Waals surface area contributed by atoms with Gasteiger partial charge in [0.1, 0.15) is 17.2 Å². The topological polar surface area (TPSA) is 149 Å². The van der Waals surface area contributed by atoms with Gasteiger partial charge >= 0.3 is 11.9 Å². The lowest BCUT2D eigenvalue weighted by Crippen LogP contribution is -2.52. The van der Waals surface area contributed by atoms with E-state index < -0.39 is 22.4 Å². The van der Waals surface area contributed by atoms with E-state index in [1.165, 1.54) is 28.9 Å². The number of hydrogen-bond acceptors (Lipinski definition) is 7. The SMILES string of the molecule is CC(C)(C)OC(=O)C12CCC(C(=O)Nc3cc(C(=O)O)nc4ccnn34)(CC1)CC2.NCc1ccc(F)cc1. The Hall–Kier alpha value is -3.86. The highest BCUT2D eigenvalue weighted by Gasteiger charge is 2.56. The molecule has 2 aromatic heterocycles. The van der Waals surface area contributed by atoms with Gasteiger partial charge < -0.3 is 20.9 Å². The molecule has 1 amide bonds. The van der Waals surface area contributed by atoms with Crippen LogP contribution in [0.1, 0.15) is 75.3 Å². The van der Waals surface area contributed by atoms with Crippen LogP contribution in [-0.4, -0.2) is 43.2 Å². The van der Waals surface area contributed by atoms with E-state index in [0.29, 0.717) is 50.7 Å². The average molecular weight is 540 g/mol. The van der Waals surface area contributed by atoms with Gasteiger partial charge in [0.25, 0.3) is 0 Å². The van der Waals surface area contributed by atoms with E-state index >= 15 is 0 Å². The number of carbonyl (C=O) groups excluding carboxylic acids is 2. The molecule has 2 heterocycles. The minimum atomic E-state index is -1.18. The van der Waals surface area contributed by atoms with Crippen molar-refractivity contribution in [1.29, 1.82) is 0 Å². The molecule has 3 aromatic rings. The molecule has 0 aliphatic heterocycles. The molecule has 0 radical (unpaired) electrons. The number of esters is 1. The van der Waals surface area contributed by atoms with Crippen molar-refractivity contribution in [3.63, 3.8) is 0 Å². The molecule has 3 saturated carbocycles. The highest BCUT2D eigenvalue weighted by molar-refractivity contribution is 5.97. The monoisotopic (exact) mass is 539 g/mol. The number of nitrogens with one attached hydrogen (secondary N) is 1. The number of carboxylic acids is 1. The molecular weight excluding hydrogens is 505 g/mol. The van der Waals surface area contributed by atoms with Gasteiger partial charge in [-0.2, -0.15) is 9.61 Å². The summed E-state index contributed by atoms with van der Waals surface area (Å²) in [6, 6.07) is 9.05. The van der Waals surface area contributed by atoms with E-state index in [1.807, 2.05) is 20.8 Å². The maximum absolute atomic E-state index is 13.3. The lowest BCUT2D eigenvalue weighted by molar-refractivity contribution is -0.178. The Morgan fingerprint density at radius 3 is 2.18 bits per heavy atom. The molecule has 1 aromatic carbocycles. The van der Waals surface area contributed by atoms with Crippen LogP contribution in [0.5, 0.6) is 0 Å². The molecule has 10 nitrogen and oxygen atoms in total. The minimum absolute atomic E-state index is 0.160. The summed E-state index contributed by atoms with van der Waals surface area (Å²) < 4.78 is 19.2. The third-order valence-corrected chi connectivity index (χ3v) is 7.53. The number of hydrogen-bond donors (Lipinski definition) is 3. The first-order valence-electron chi connectivity index (χ1n) is 12.9. The fourth-order valence-electron chi connectivity index (χ4n) is 5.20. The molecule has 3 fully saturated rings.